The molecule has 4 nitrogen and oxygen atoms in total. The molecule has 0 aliphatic rings. The second-order valence-electron chi connectivity index (χ2n) is 19.5. The molecule has 0 bridgehead atoms. The normalized spacial score (nSPS) is 13.4. The Hall–Kier alpha value is -1.78. The molecular formula is C52H96N4+2. The molecule has 0 spiro atoms. The third-order valence-electron chi connectivity index (χ3n) is 13.1. The van der Waals surface area contributed by atoms with E-state index in [1.54, 1.807) is 0 Å². The highest BCUT2D eigenvalue weighted by Crippen LogP contribution is 2.34. The first-order chi connectivity index (χ1) is 27.1. The summed E-state index contributed by atoms with van der Waals surface area (Å²) in [5.41, 5.74) is 5.21. The molecular weight excluding hydrogens is 681 g/mol. The highest BCUT2D eigenvalue weighted by atomic mass is 15.3. The number of quaternary nitrogens is 2. The number of aromatic nitrogens is 2. The highest BCUT2D eigenvalue weighted by Gasteiger charge is 2.37. The molecule has 0 aliphatic carbocycles. The van der Waals surface area contributed by atoms with Crippen LogP contribution in [-0.4, -0.2) is 72.8 Å². The van der Waals surface area contributed by atoms with Gasteiger partial charge in [-0.25, -0.2) is 0 Å². The van der Waals surface area contributed by atoms with Crippen molar-refractivity contribution in [3.05, 3.63) is 59.2 Å². The molecule has 2 atom stereocenters. The Morgan fingerprint density at radius 1 is 0.464 bits per heavy atom. The molecule has 0 saturated heterocycles. The minimum Gasteiger partial charge on any atom is -0.328 e. The van der Waals surface area contributed by atoms with Gasteiger partial charge in [0, 0.05) is 36.6 Å². The van der Waals surface area contributed by atoms with E-state index >= 15 is 0 Å². The molecule has 0 aliphatic heterocycles. The maximum Gasteiger partial charge on any atom is 0.0973 e. The second kappa shape index (κ2) is 31.2. The zero-order valence-electron chi connectivity index (χ0n) is 39.0. The Morgan fingerprint density at radius 3 is 1.38 bits per heavy atom. The van der Waals surface area contributed by atoms with Crippen LogP contribution < -0.4 is 0 Å². The maximum absolute atomic E-state index is 5.10. The fraction of sp³-hybridized carbons (Fsp3) is 0.808. The minimum absolute atomic E-state index is 0.457. The standard InChI is InChI=1S/C52H96N4/c1-9-11-13-15-17-19-21-23-25-27-29-31-42-55(5,6)43-34-37-52(56(7,8)44-32-30-28-26-24-22-20-18-16-14-12-10-2)50(51-46-48(4)39-41-54-51)36-33-35-49-45-47(3)38-40-53-49/h38-41,45-46,50,52H,9-37,42-44H2,1-8H3/q+2. The van der Waals surface area contributed by atoms with E-state index in [-0.39, 0.29) is 0 Å². The van der Waals surface area contributed by atoms with Gasteiger partial charge in [-0.3, -0.25) is 9.97 Å². The monoisotopic (exact) mass is 777 g/mol. The van der Waals surface area contributed by atoms with Gasteiger partial charge in [0.15, 0.2) is 0 Å². The molecule has 2 rings (SSSR count). The van der Waals surface area contributed by atoms with E-state index in [0.717, 1.165) is 21.8 Å². The third-order valence-corrected chi connectivity index (χ3v) is 13.1. The predicted octanol–water partition coefficient (Wildman–Crippen LogP) is 14.9. The van der Waals surface area contributed by atoms with E-state index in [4.69, 9.17) is 9.97 Å². The van der Waals surface area contributed by atoms with Gasteiger partial charge in [0.1, 0.15) is 0 Å². The number of likely N-dealkylation sites (N-methyl/N-ethyl adjacent to an activating group) is 1. The number of aryl methyl sites for hydroxylation is 3. The number of nitrogens with zero attached hydrogens (tertiary/aromatic N) is 4. The van der Waals surface area contributed by atoms with Crippen LogP contribution in [0, 0.1) is 13.8 Å². The average molecular weight is 777 g/mol. The number of hydrogen-bond acceptors (Lipinski definition) is 2. The molecule has 2 aromatic heterocycles. The van der Waals surface area contributed by atoms with E-state index in [9.17, 15) is 0 Å². The summed E-state index contributed by atoms with van der Waals surface area (Å²) in [5.74, 6) is 0.457. The van der Waals surface area contributed by atoms with Crippen molar-refractivity contribution < 1.29 is 8.97 Å². The van der Waals surface area contributed by atoms with Gasteiger partial charge in [-0.15, -0.1) is 0 Å². The van der Waals surface area contributed by atoms with E-state index in [1.165, 1.54) is 216 Å². The molecule has 0 aromatic carbocycles. The molecule has 56 heavy (non-hydrogen) atoms. The number of pyridine rings is 2. The molecule has 0 radical (unpaired) electrons. The summed E-state index contributed by atoms with van der Waals surface area (Å²) in [5, 5.41) is 0. The lowest BCUT2D eigenvalue weighted by molar-refractivity contribution is -0.919. The summed E-state index contributed by atoms with van der Waals surface area (Å²) in [4.78, 5) is 9.84. The van der Waals surface area contributed by atoms with Gasteiger partial charge < -0.3 is 8.97 Å². The van der Waals surface area contributed by atoms with Gasteiger partial charge >= 0.3 is 0 Å². The van der Waals surface area contributed by atoms with Crippen molar-refractivity contribution in [2.45, 2.75) is 226 Å². The zero-order chi connectivity index (χ0) is 40.7. The molecule has 0 fully saturated rings. The van der Waals surface area contributed by atoms with Crippen molar-refractivity contribution in [3.8, 4) is 0 Å². The predicted molar refractivity (Wildman–Crippen MR) is 248 cm³/mol. The smallest absolute Gasteiger partial charge is 0.0973 e. The maximum atomic E-state index is 5.10. The summed E-state index contributed by atoms with van der Waals surface area (Å²) in [6.45, 7) is 12.9. The molecule has 4 heteroatoms. The Morgan fingerprint density at radius 2 is 0.893 bits per heavy atom. The van der Waals surface area contributed by atoms with Crippen molar-refractivity contribution >= 4 is 0 Å². The van der Waals surface area contributed by atoms with Crippen LogP contribution in [0.15, 0.2) is 36.7 Å². The number of rotatable bonds is 37. The van der Waals surface area contributed by atoms with Crippen LogP contribution >= 0.6 is 0 Å². The molecule has 0 N–H and O–H groups in total. The van der Waals surface area contributed by atoms with Gasteiger partial charge in [0.2, 0.25) is 0 Å². The molecule has 2 unspecified atom stereocenters. The van der Waals surface area contributed by atoms with Crippen LogP contribution in [0.25, 0.3) is 0 Å². The number of hydrogen-bond donors (Lipinski definition) is 0. The van der Waals surface area contributed by atoms with Gasteiger partial charge in [-0.1, -0.05) is 142 Å². The second-order valence-corrected chi connectivity index (χ2v) is 19.5. The van der Waals surface area contributed by atoms with Crippen LogP contribution in [0.3, 0.4) is 0 Å². The molecule has 0 amide bonds. The van der Waals surface area contributed by atoms with Crippen molar-refractivity contribution in [2.24, 2.45) is 0 Å². The van der Waals surface area contributed by atoms with Crippen LogP contribution in [0.5, 0.6) is 0 Å². The zero-order valence-corrected chi connectivity index (χ0v) is 39.0. The fourth-order valence-electron chi connectivity index (χ4n) is 9.32. The quantitative estimate of drug-likeness (QED) is 0.0504. The first-order valence-corrected chi connectivity index (χ1v) is 24.6. The van der Waals surface area contributed by atoms with Crippen LogP contribution in [-0.2, 0) is 6.42 Å². The van der Waals surface area contributed by atoms with E-state index in [1.807, 2.05) is 6.20 Å². The van der Waals surface area contributed by atoms with Crippen molar-refractivity contribution in [3.63, 3.8) is 0 Å². The Balaban J connectivity index is 1.97. The summed E-state index contributed by atoms with van der Waals surface area (Å²) < 4.78 is 2.26. The van der Waals surface area contributed by atoms with Crippen molar-refractivity contribution in [1.82, 2.24) is 9.97 Å². The average Bonchev–Trinajstić information content (AvgIpc) is 3.16. The van der Waals surface area contributed by atoms with E-state index in [0.29, 0.717) is 12.0 Å². The SMILES string of the molecule is CCCCCCCCCCCCCC[N+](C)(C)CCCC(C(CCCc1cc(C)ccn1)c1cc(C)ccn1)[N+](C)(C)CCCCCCCCCCCCCC. The molecule has 0 saturated carbocycles. The fourth-order valence-corrected chi connectivity index (χ4v) is 9.32. The lowest BCUT2D eigenvalue weighted by Gasteiger charge is -2.43. The Kier molecular flexibility index (Phi) is 28.0. The Bertz CT molecular complexity index is 1200. The van der Waals surface area contributed by atoms with E-state index < -0.39 is 0 Å². The molecule has 2 aromatic rings. The summed E-state index contributed by atoms with van der Waals surface area (Å²) in [7, 11) is 10.1. The van der Waals surface area contributed by atoms with Crippen molar-refractivity contribution in [1.29, 1.82) is 0 Å². The van der Waals surface area contributed by atoms with Crippen LogP contribution in [0.4, 0.5) is 0 Å². The van der Waals surface area contributed by atoms with Crippen LogP contribution in [0.1, 0.15) is 222 Å². The summed E-state index contributed by atoms with van der Waals surface area (Å²) >= 11 is 0. The lowest BCUT2D eigenvalue weighted by Crippen LogP contribution is -2.53. The van der Waals surface area contributed by atoms with Crippen LogP contribution in [0.2, 0.25) is 0 Å². The third kappa shape index (κ3) is 24.2. The van der Waals surface area contributed by atoms with Gasteiger partial charge in [-0.2, -0.15) is 0 Å². The van der Waals surface area contributed by atoms with Gasteiger partial charge in [0.25, 0.3) is 0 Å². The lowest BCUT2D eigenvalue weighted by atomic mass is 9.84. The summed E-state index contributed by atoms with van der Waals surface area (Å²) in [6, 6.07) is 9.54. The topological polar surface area (TPSA) is 25.8 Å². The number of unbranched alkanes of at least 4 members (excludes halogenated alkanes) is 22. The highest BCUT2D eigenvalue weighted by molar-refractivity contribution is 5.19. The largest absolute Gasteiger partial charge is 0.328 e. The van der Waals surface area contributed by atoms with Gasteiger partial charge in [-0.05, 0) is 94.2 Å². The van der Waals surface area contributed by atoms with E-state index in [2.05, 4.69) is 86.3 Å². The Labute approximate surface area is 350 Å². The minimum atomic E-state index is 0.457. The first-order valence-electron chi connectivity index (χ1n) is 24.6. The van der Waals surface area contributed by atoms with Gasteiger partial charge in [0.05, 0.1) is 59.8 Å². The molecule has 2 heterocycles. The first kappa shape index (κ1) is 50.4. The molecule has 322 valence electrons. The summed E-state index contributed by atoms with van der Waals surface area (Å²) in [6.07, 6.45) is 44.0. The van der Waals surface area contributed by atoms with Crippen molar-refractivity contribution in [2.75, 3.05) is 47.8 Å².